The highest BCUT2D eigenvalue weighted by atomic mass is 16.5. The molecule has 6 nitrogen and oxygen atoms in total. The summed E-state index contributed by atoms with van der Waals surface area (Å²) in [7, 11) is 0. The van der Waals surface area contributed by atoms with Crippen molar-refractivity contribution in [2.75, 3.05) is 13.2 Å². The molecule has 2 N–H and O–H groups in total. The van der Waals surface area contributed by atoms with Crippen LogP contribution >= 0.6 is 0 Å². The normalized spacial score (nSPS) is 12.7. The maximum Gasteiger partial charge on any atom is 0.308 e. The molecule has 0 spiro atoms. The van der Waals surface area contributed by atoms with Gasteiger partial charge in [0.2, 0.25) is 0 Å². The number of hydrogen-bond acceptors (Lipinski definition) is 4. The number of carboxylic acid groups (broad SMARTS) is 1. The average Bonchev–Trinajstić information content (AvgIpc) is 2.67. The molecule has 2 aromatic rings. The van der Waals surface area contributed by atoms with E-state index in [0.29, 0.717) is 35.8 Å². The molecule has 0 aliphatic carbocycles. The topological polar surface area (TPSA) is 84.9 Å². The van der Waals surface area contributed by atoms with E-state index in [1.165, 1.54) is 0 Å². The molecule has 0 aliphatic rings. The van der Waals surface area contributed by atoms with Gasteiger partial charge in [-0.25, -0.2) is 0 Å². The summed E-state index contributed by atoms with van der Waals surface area (Å²) >= 11 is 0. The molecule has 2 aromatic carbocycles. The second-order valence-electron chi connectivity index (χ2n) is 6.02. The van der Waals surface area contributed by atoms with Gasteiger partial charge in [-0.05, 0) is 50.6 Å². The molecule has 2 unspecified atom stereocenters. The van der Waals surface area contributed by atoms with Crippen LogP contribution in [0.5, 0.6) is 11.5 Å². The maximum absolute atomic E-state index is 12.6. The van der Waals surface area contributed by atoms with Crippen LogP contribution in [0.1, 0.15) is 42.7 Å². The van der Waals surface area contributed by atoms with Crippen LogP contribution in [0.15, 0.2) is 48.5 Å². The lowest BCUT2D eigenvalue weighted by atomic mass is 9.93. The molecule has 6 heteroatoms. The predicted octanol–water partition coefficient (Wildman–Crippen LogP) is 3.68. The van der Waals surface area contributed by atoms with Crippen molar-refractivity contribution in [1.82, 2.24) is 5.32 Å². The fourth-order valence-corrected chi connectivity index (χ4v) is 2.71. The number of ether oxygens (including phenoxy) is 2. The van der Waals surface area contributed by atoms with E-state index in [9.17, 15) is 14.7 Å². The van der Waals surface area contributed by atoms with Gasteiger partial charge in [0.1, 0.15) is 0 Å². The largest absolute Gasteiger partial charge is 0.490 e. The number of carbonyl (C=O) groups is 2. The lowest BCUT2D eigenvalue weighted by Crippen LogP contribution is -2.35. The SMILES string of the molecule is CCOc1ccc(C(NC(=O)c2ccccc2)C(C)C(=O)O)cc1OCC. The Morgan fingerprint density at radius 2 is 1.63 bits per heavy atom. The molecular formula is C21H25NO5. The average molecular weight is 371 g/mol. The van der Waals surface area contributed by atoms with Crippen molar-refractivity contribution >= 4 is 11.9 Å². The van der Waals surface area contributed by atoms with Crippen molar-refractivity contribution in [1.29, 1.82) is 0 Å². The molecule has 0 aromatic heterocycles. The van der Waals surface area contributed by atoms with Gasteiger partial charge in [-0.3, -0.25) is 9.59 Å². The van der Waals surface area contributed by atoms with Crippen molar-refractivity contribution < 1.29 is 24.2 Å². The fourth-order valence-electron chi connectivity index (χ4n) is 2.71. The Morgan fingerprint density at radius 1 is 1.00 bits per heavy atom. The smallest absolute Gasteiger partial charge is 0.308 e. The molecule has 0 radical (unpaired) electrons. The third kappa shape index (κ3) is 5.23. The van der Waals surface area contributed by atoms with Crippen LogP contribution < -0.4 is 14.8 Å². The summed E-state index contributed by atoms with van der Waals surface area (Å²) in [5, 5.41) is 12.3. The third-order valence-corrected chi connectivity index (χ3v) is 4.14. The summed E-state index contributed by atoms with van der Waals surface area (Å²) in [6.07, 6.45) is 0. The lowest BCUT2D eigenvalue weighted by molar-refractivity contribution is -0.142. The Labute approximate surface area is 159 Å². The summed E-state index contributed by atoms with van der Waals surface area (Å²) in [6, 6.07) is 13.2. The van der Waals surface area contributed by atoms with Crippen molar-refractivity contribution in [3.8, 4) is 11.5 Å². The zero-order valence-corrected chi connectivity index (χ0v) is 15.8. The number of carbonyl (C=O) groups excluding carboxylic acids is 1. The summed E-state index contributed by atoms with van der Waals surface area (Å²) in [4.78, 5) is 24.2. The van der Waals surface area contributed by atoms with Gasteiger partial charge < -0.3 is 19.9 Å². The highest BCUT2D eigenvalue weighted by molar-refractivity contribution is 5.94. The van der Waals surface area contributed by atoms with Crippen molar-refractivity contribution in [3.63, 3.8) is 0 Å². The Balaban J connectivity index is 2.37. The standard InChI is InChI=1S/C21H25NO5/c1-4-26-17-12-11-16(13-18(17)27-5-2)19(14(3)21(24)25)22-20(23)15-9-7-6-8-10-15/h6-14,19H,4-5H2,1-3H3,(H,22,23)(H,24,25). The first kappa shape index (κ1) is 20.3. The summed E-state index contributed by atoms with van der Waals surface area (Å²) in [5.41, 5.74) is 1.11. The van der Waals surface area contributed by atoms with Gasteiger partial charge in [-0.1, -0.05) is 24.3 Å². The molecule has 0 saturated carbocycles. The fraction of sp³-hybridized carbons (Fsp3) is 0.333. The number of hydrogen-bond donors (Lipinski definition) is 2. The number of carboxylic acids is 1. The van der Waals surface area contributed by atoms with Gasteiger partial charge in [0.15, 0.2) is 11.5 Å². The van der Waals surface area contributed by atoms with Crippen LogP contribution in [0.4, 0.5) is 0 Å². The minimum atomic E-state index is -1.000. The minimum absolute atomic E-state index is 0.333. The van der Waals surface area contributed by atoms with Gasteiger partial charge in [-0.15, -0.1) is 0 Å². The van der Waals surface area contributed by atoms with E-state index in [-0.39, 0.29) is 5.91 Å². The molecule has 0 aliphatic heterocycles. The maximum atomic E-state index is 12.6. The molecule has 27 heavy (non-hydrogen) atoms. The zero-order chi connectivity index (χ0) is 19.8. The van der Waals surface area contributed by atoms with Gasteiger partial charge >= 0.3 is 5.97 Å². The van der Waals surface area contributed by atoms with Crippen LogP contribution in [-0.2, 0) is 4.79 Å². The summed E-state index contributed by atoms with van der Waals surface area (Å²) < 4.78 is 11.2. The van der Waals surface area contributed by atoms with Crippen LogP contribution in [0.25, 0.3) is 0 Å². The number of rotatable bonds is 9. The Morgan fingerprint density at radius 3 is 2.22 bits per heavy atom. The third-order valence-electron chi connectivity index (χ3n) is 4.14. The predicted molar refractivity (Wildman–Crippen MR) is 102 cm³/mol. The second-order valence-corrected chi connectivity index (χ2v) is 6.02. The van der Waals surface area contributed by atoms with E-state index in [0.717, 1.165) is 0 Å². The quantitative estimate of drug-likeness (QED) is 0.702. The monoisotopic (exact) mass is 371 g/mol. The van der Waals surface area contributed by atoms with E-state index >= 15 is 0 Å². The number of benzene rings is 2. The molecule has 2 atom stereocenters. The molecule has 0 heterocycles. The van der Waals surface area contributed by atoms with Gasteiger partial charge in [0.25, 0.3) is 5.91 Å². The Hall–Kier alpha value is -3.02. The van der Waals surface area contributed by atoms with Crippen LogP contribution in [-0.4, -0.2) is 30.2 Å². The van der Waals surface area contributed by atoms with Gasteiger partial charge in [0, 0.05) is 5.56 Å². The molecule has 0 saturated heterocycles. The molecule has 0 bridgehead atoms. The Kier molecular flexibility index (Phi) is 7.23. The van der Waals surface area contributed by atoms with E-state index in [2.05, 4.69) is 5.32 Å². The molecule has 144 valence electrons. The zero-order valence-electron chi connectivity index (χ0n) is 15.8. The van der Waals surface area contributed by atoms with E-state index < -0.39 is 17.9 Å². The van der Waals surface area contributed by atoms with Crippen LogP contribution in [0.2, 0.25) is 0 Å². The van der Waals surface area contributed by atoms with Crippen LogP contribution in [0, 0.1) is 5.92 Å². The van der Waals surface area contributed by atoms with E-state index in [1.54, 1.807) is 49.4 Å². The highest BCUT2D eigenvalue weighted by Gasteiger charge is 2.28. The van der Waals surface area contributed by atoms with E-state index in [1.807, 2.05) is 19.9 Å². The number of amides is 1. The first-order chi connectivity index (χ1) is 13.0. The van der Waals surface area contributed by atoms with E-state index in [4.69, 9.17) is 9.47 Å². The minimum Gasteiger partial charge on any atom is -0.490 e. The first-order valence-electron chi connectivity index (χ1n) is 8.96. The molecular weight excluding hydrogens is 346 g/mol. The molecule has 0 fully saturated rings. The first-order valence-corrected chi connectivity index (χ1v) is 8.96. The van der Waals surface area contributed by atoms with Gasteiger partial charge in [0.05, 0.1) is 25.2 Å². The number of nitrogens with one attached hydrogen (secondary N) is 1. The lowest BCUT2D eigenvalue weighted by Gasteiger charge is -2.24. The van der Waals surface area contributed by atoms with Crippen molar-refractivity contribution in [2.45, 2.75) is 26.8 Å². The second kappa shape index (κ2) is 9.62. The van der Waals surface area contributed by atoms with Gasteiger partial charge in [-0.2, -0.15) is 0 Å². The van der Waals surface area contributed by atoms with Crippen LogP contribution in [0.3, 0.4) is 0 Å². The van der Waals surface area contributed by atoms with Crippen molar-refractivity contribution in [3.05, 3.63) is 59.7 Å². The number of aliphatic carboxylic acids is 1. The summed E-state index contributed by atoms with van der Waals surface area (Å²) in [5.74, 6) is -1.06. The molecule has 1 amide bonds. The highest BCUT2D eigenvalue weighted by Crippen LogP contribution is 2.33. The Bertz CT molecular complexity index is 775. The molecule has 2 rings (SSSR count). The van der Waals surface area contributed by atoms with Crippen molar-refractivity contribution in [2.24, 2.45) is 5.92 Å². The summed E-state index contributed by atoms with van der Waals surface area (Å²) in [6.45, 7) is 6.23.